The maximum Gasteiger partial charge on any atom is 0.419 e. The Hall–Kier alpha value is -1.88. The second-order valence-corrected chi connectivity index (χ2v) is 4.70. The molecule has 0 bridgehead atoms. The highest BCUT2D eigenvalue weighted by molar-refractivity contribution is 5.36. The molecule has 0 aliphatic carbocycles. The van der Waals surface area contributed by atoms with Crippen molar-refractivity contribution in [1.82, 2.24) is 0 Å². The standard InChI is InChI=1S/C16H14F4O/c1-2-10-6-8-11(9-7-10)15(21)12-4-3-5-13(14(12)17)16(18,19)20/h3-9,15,21H,2H2,1H3. The molecular formula is C16H14F4O. The molecule has 0 radical (unpaired) electrons. The van der Waals surface area contributed by atoms with Gasteiger partial charge in [0.1, 0.15) is 11.9 Å². The van der Waals surface area contributed by atoms with Gasteiger partial charge in [0.25, 0.3) is 0 Å². The van der Waals surface area contributed by atoms with Crippen LogP contribution in [0.1, 0.15) is 35.3 Å². The largest absolute Gasteiger partial charge is 0.419 e. The smallest absolute Gasteiger partial charge is 0.384 e. The summed E-state index contributed by atoms with van der Waals surface area (Å²) in [5, 5.41) is 10.1. The minimum atomic E-state index is -4.79. The van der Waals surface area contributed by atoms with Crippen LogP contribution < -0.4 is 0 Å². The SMILES string of the molecule is CCc1ccc(C(O)c2cccc(C(F)(F)F)c2F)cc1. The maximum atomic E-state index is 14.0. The van der Waals surface area contributed by atoms with E-state index in [1.54, 1.807) is 24.3 Å². The second-order valence-electron chi connectivity index (χ2n) is 4.70. The summed E-state index contributed by atoms with van der Waals surface area (Å²) in [5.74, 6) is -1.43. The molecule has 0 aliphatic heterocycles. The van der Waals surface area contributed by atoms with Gasteiger partial charge in [0, 0.05) is 5.56 Å². The van der Waals surface area contributed by atoms with Gasteiger partial charge in [-0.1, -0.05) is 43.3 Å². The molecule has 0 spiro atoms. The number of aryl methyl sites for hydroxylation is 1. The Bertz CT molecular complexity index is 617. The first-order valence-corrected chi connectivity index (χ1v) is 6.47. The van der Waals surface area contributed by atoms with E-state index in [0.29, 0.717) is 11.6 Å². The van der Waals surface area contributed by atoms with Gasteiger partial charge in [-0.25, -0.2) is 4.39 Å². The van der Waals surface area contributed by atoms with Crippen molar-refractivity contribution < 1.29 is 22.7 Å². The topological polar surface area (TPSA) is 20.2 Å². The monoisotopic (exact) mass is 298 g/mol. The molecule has 0 saturated heterocycles. The second kappa shape index (κ2) is 5.85. The normalized spacial score (nSPS) is 13.2. The lowest BCUT2D eigenvalue weighted by Gasteiger charge is -2.16. The highest BCUT2D eigenvalue weighted by atomic mass is 19.4. The predicted octanol–water partition coefficient (Wildman–Crippen LogP) is 4.49. The third-order valence-corrected chi connectivity index (χ3v) is 3.33. The van der Waals surface area contributed by atoms with Gasteiger partial charge in [0.05, 0.1) is 5.56 Å². The zero-order valence-electron chi connectivity index (χ0n) is 11.3. The summed E-state index contributed by atoms with van der Waals surface area (Å²) in [4.78, 5) is 0. The van der Waals surface area contributed by atoms with Crippen LogP contribution in [-0.2, 0) is 12.6 Å². The van der Waals surface area contributed by atoms with E-state index in [9.17, 15) is 22.7 Å². The molecule has 0 aliphatic rings. The molecule has 1 unspecified atom stereocenters. The fourth-order valence-corrected chi connectivity index (χ4v) is 2.10. The zero-order valence-corrected chi connectivity index (χ0v) is 11.3. The van der Waals surface area contributed by atoms with E-state index >= 15 is 0 Å². The van der Waals surface area contributed by atoms with E-state index in [2.05, 4.69) is 0 Å². The molecule has 0 saturated carbocycles. The molecule has 1 nitrogen and oxygen atoms in total. The molecule has 2 aromatic carbocycles. The summed E-state index contributed by atoms with van der Waals surface area (Å²) in [5.41, 5.74) is -0.376. The Balaban J connectivity index is 2.41. The lowest BCUT2D eigenvalue weighted by Crippen LogP contribution is -2.12. The van der Waals surface area contributed by atoms with Crippen LogP contribution in [0.3, 0.4) is 0 Å². The summed E-state index contributed by atoms with van der Waals surface area (Å²) >= 11 is 0. The van der Waals surface area contributed by atoms with Crippen LogP contribution in [0.5, 0.6) is 0 Å². The molecule has 0 heterocycles. The highest BCUT2D eigenvalue weighted by Gasteiger charge is 2.35. The third-order valence-electron chi connectivity index (χ3n) is 3.33. The highest BCUT2D eigenvalue weighted by Crippen LogP contribution is 2.35. The van der Waals surface area contributed by atoms with Crippen LogP contribution in [-0.4, -0.2) is 5.11 Å². The predicted molar refractivity (Wildman–Crippen MR) is 71.3 cm³/mol. The average Bonchev–Trinajstić information content (AvgIpc) is 2.45. The molecule has 0 fully saturated rings. The van der Waals surface area contributed by atoms with Gasteiger partial charge in [0.2, 0.25) is 0 Å². The molecular weight excluding hydrogens is 284 g/mol. The maximum absolute atomic E-state index is 14.0. The lowest BCUT2D eigenvalue weighted by molar-refractivity contribution is -0.140. The number of rotatable bonds is 3. The van der Waals surface area contributed by atoms with E-state index in [4.69, 9.17) is 0 Å². The Morgan fingerprint density at radius 1 is 1.05 bits per heavy atom. The van der Waals surface area contributed by atoms with E-state index in [-0.39, 0.29) is 5.56 Å². The molecule has 2 aromatic rings. The van der Waals surface area contributed by atoms with Gasteiger partial charge in [0.15, 0.2) is 0 Å². The van der Waals surface area contributed by atoms with Gasteiger partial charge >= 0.3 is 6.18 Å². The van der Waals surface area contributed by atoms with E-state index in [1.165, 1.54) is 0 Å². The Labute approximate surface area is 119 Å². The summed E-state index contributed by atoms with van der Waals surface area (Å²) in [7, 11) is 0. The van der Waals surface area contributed by atoms with Crippen molar-refractivity contribution in [2.75, 3.05) is 0 Å². The molecule has 0 aromatic heterocycles. The van der Waals surface area contributed by atoms with Crippen molar-refractivity contribution in [3.63, 3.8) is 0 Å². The first kappa shape index (κ1) is 15.5. The first-order chi connectivity index (χ1) is 9.84. The number of halogens is 4. The van der Waals surface area contributed by atoms with Crippen LogP contribution in [0, 0.1) is 5.82 Å². The fourth-order valence-electron chi connectivity index (χ4n) is 2.10. The van der Waals surface area contributed by atoms with Crippen molar-refractivity contribution in [2.24, 2.45) is 0 Å². The van der Waals surface area contributed by atoms with Crippen molar-refractivity contribution in [3.05, 3.63) is 70.5 Å². The van der Waals surface area contributed by atoms with Crippen LogP contribution in [0.4, 0.5) is 17.6 Å². The van der Waals surface area contributed by atoms with Crippen molar-refractivity contribution >= 4 is 0 Å². The Kier molecular flexibility index (Phi) is 4.32. The van der Waals surface area contributed by atoms with Gasteiger partial charge in [-0.3, -0.25) is 0 Å². The molecule has 2 rings (SSSR count). The summed E-state index contributed by atoms with van der Waals surface area (Å²) in [6, 6.07) is 9.58. The van der Waals surface area contributed by atoms with E-state index in [1.807, 2.05) is 6.92 Å². The molecule has 1 N–H and O–H groups in total. The molecule has 112 valence electrons. The van der Waals surface area contributed by atoms with Crippen LogP contribution in [0.2, 0.25) is 0 Å². The molecule has 21 heavy (non-hydrogen) atoms. The zero-order chi connectivity index (χ0) is 15.6. The van der Waals surface area contributed by atoms with Crippen molar-refractivity contribution in [3.8, 4) is 0 Å². The number of benzene rings is 2. The number of hydrogen-bond acceptors (Lipinski definition) is 1. The molecule has 1 atom stereocenters. The molecule has 5 heteroatoms. The van der Waals surface area contributed by atoms with E-state index in [0.717, 1.165) is 24.1 Å². The van der Waals surface area contributed by atoms with E-state index < -0.39 is 23.7 Å². The van der Waals surface area contributed by atoms with Crippen LogP contribution in [0.25, 0.3) is 0 Å². The Morgan fingerprint density at radius 2 is 1.67 bits per heavy atom. The summed E-state index contributed by atoms with van der Waals surface area (Å²) in [6.07, 6.45) is -5.42. The van der Waals surface area contributed by atoms with Gasteiger partial charge in [-0.05, 0) is 23.6 Å². The Morgan fingerprint density at radius 3 is 2.19 bits per heavy atom. The molecule has 0 amide bonds. The van der Waals surface area contributed by atoms with Gasteiger partial charge < -0.3 is 5.11 Å². The number of alkyl halides is 3. The quantitative estimate of drug-likeness (QED) is 0.828. The lowest BCUT2D eigenvalue weighted by atomic mass is 9.97. The first-order valence-electron chi connectivity index (χ1n) is 6.47. The number of aliphatic hydroxyl groups is 1. The van der Waals surface area contributed by atoms with Gasteiger partial charge in [-0.15, -0.1) is 0 Å². The van der Waals surface area contributed by atoms with Crippen molar-refractivity contribution in [1.29, 1.82) is 0 Å². The number of aliphatic hydroxyl groups excluding tert-OH is 1. The summed E-state index contributed by atoms with van der Waals surface area (Å²) < 4.78 is 52.0. The third kappa shape index (κ3) is 3.24. The fraction of sp³-hybridized carbons (Fsp3) is 0.250. The van der Waals surface area contributed by atoms with Gasteiger partial charge in [-0.2, -0.15) is 13.2 Å². The minimum Gasteiger partial charge on any atom is -0.384 e. The minimum absolute atomic E-state index is 0.352. The van der Waals surface area contributed by atoms with Crippen molar-refractivity contribution in [2.45, 2.75) is 25.6 Å². The summed E-state index contributed by atoms with van der Waals surface area (Å²) in [6.45, 7) is 1.96. The van der Waals surface area contributed by atoms with Crippen LogP contribution >= 0.6 is 0 Å². The van der Waals surface area contributed by atoms with Crippen LogP contribution in [0.15, 0.2) is 42.5 Å². The number of hydrogen-bond donors (Lipinski definition) is 1. The average molecular weight is 298 g/mol.